The van der Waals surface area contributed by atoms with Gasteiger partial charge in [0.15, 0.2) is 28.9 Å². The first-order chi connectivity index (χ1) is 9.90. The fourth-order valence-corrected chi connectivity index (χ4v) is 1.84. The smallest absolute Gasteiger partial charge is 0.200 e. The number of aromatic nitrogens is 3. The monoisotopic (exact) mass is 300 g/mol. The number of nitrogens with one attached hydrogen (secondary N) is 1. The number of benzene rings is 1. The Morgan fingerprint density at radius 3 is 2.00 bits per heavy atom. The van der Waals surface area contributed by atoms with Crippen molar-refractivity contribution in [3.63, 3.8) is 0 Å². The number of hydrogen-bond acceptors (Lipinski definition) is 3. The Labute approximate surface area is 113 Å². The van der Waals surface area contributed by atoms with Crippen molar-refractivity contribution in [1.29, 1.82) is 0 Å². The van der Waals surface area contributed by atoms with Gasteiger partial charge in [-0.2, -0.15) is 0 Å². The molecule has 0 spiro atoms. The summed E-state index contributed by atoms with van der Waals surface area (Å²) in [5.41, 5.74) is 4.50. The standard InChI is InChI=1S/C12H5F5N4/c13-6-5(7(14)9(16)10(17)8(6)15)12-19-3-1-2-4(18)20-11(3)21-12/h1-2H,(H3,18,19,20,21). The molecule has 0 atom stereocenters. The second-order valence-electron chi connectivity index (χ2n) is 4.14. The molecule has 1 aromatic carbocycles. The number of fused-ring (bicyclic) bond motifs is 1. The van der Waals surface area contributed by atoms with Gasteiger partial charge in [0.05, 0.1) is 11.1 Å². The summed E-state index contributed by atoms with van der Waals surface area (Å²) in [5.74, 6) is -10.7. The first-order valence-electron chi connectivity index (χ1n) is 5.54. The Bertz CT molecular complexity index is 845. The van der Waals surface area contributed by atoms with E-state index < -0.39 is 40.5 Å². The third kappa shape index (κ3) is 1.89. The van der Waals surface area contributed by atoms with Crippen LogP contribution in [0.2, 0.25) is 0 Å². The highest BCUT2D eigenvalue weighted by atomic mass is 19.2. The van der Waals surface area contributed by atoms with Gasteiger partial charge < -0.3 is 10.7 Å². The van der Waals surface area contributed by atoms with Gasteiger partial charge in [0.2, 0.25) is 5.82 Å². The molecule has 0 aliphatic rings. The van der Waals surface area contributed by atoms with Crippen LogP contribution in [-0.2, 0) is 0 Å². The number of H-pyrrole nitrogens is 1. The van der Waals surface area contributed by atoms with Crippen LogP contribution in [0.5, 0.6) is 0 Å². The summed E-state index contributed by atoms with van der Waals surface area (Å²) < 4.78 is 66.7. The SMILES string of the molecule is Nc1ccc2[nH]c(-c3c(F)c(F)c(F)c(F)c3F)nc2n1. The number of aromatic amines is 1. The number of hydrogen-bond donors (Lipinski definition) is 2. The van der Waals surface area contributed by atoms with Crippen molar-refractivity contribution in [3.05, 3.63) is 41.2 Å². The van der Waals surface area contributed by atoms with Gasteiger partial charge in [0, 0.05) is 0 Å². The summed E-state index contributed by atoms with van der Waals surface area (Å²) in [5, 5.41) is 0. The highest BCUT2D eigenvalue weighted by Crippen LogP contribution is 2.30. The molecule has 0 fully saturated rings. The largest absolute Gasteiger partial charge is 0.384 e. The fraction of sp³-hybridized carbons (Fsp3) is 0. The Kier molecular flexibility index (Phi) is 2.78. The zero-order valence-corrected chi connectivity index (χ0v) is 10.0. The molecule has 2 aromatic heterocycles. The normalized spacial score (nSPS) is 11.3. The summed E-state index contributed by atoms with van der Waals surface area (Å²) in [4.78, 5) is 9.90. The third-order valence-electron chi connectivity index (χ3n) is 2.81. The molecular formula is C12H5F5N4. The van der Waals surface area contributed by atoms with Crippen molar-refractivity contribution >= 4 is 17.0 Å². The van der Waals surface area contributed by atoms with Gasteiger partial charge >= 0.3 is 0 Å². The van der Waals surface area contributed by atoms with Crippen molar-refractivity contribution in [1.82, 2.24) is 15.0 Å². The van der Waals surface area contributed by atoms with Gasteiger partial charge in [-0.25, -0.2) is 31.9 Å². The lowest BCUT2D eigenvalue weighted by molar-refractivity contribution is 0.381. The first kappa shape index (κ1) is 13.3. The van der Waals surface area contributed by atoms with Crippen LogP contribution in [-0.4, -0.2) is 15.0 Å². The van der Waals surface area contributed by atoms with Crippen molar-refractivity contribution < 1.29 is 22.0 Å². The molecule has 0 saturated heterocycles. The van der Waals surface area contributed by atoms with Gasteiger partial charge in [0.1, 0.15) is 11.6 Å². The minimum absolute atomic E-state index is 0.00561. The van der Waals surface area contributed by atoms with E-state index >= 15 is 0 Å². The number of rotatable bonds is 1. The molecule has 3 rings (SSSR count). The van der Waals surface area contributed by atoms with Crippen LogP contribution in [0.4, 0.5) is 27.8 Å². The number of halogens is 5. The number of anilines is 1. The van der Waals surface area contributed by atoms with Crippen molar-refractivity contribution in [2.45, 2.75) is 0 Å². The number of imidazole rings is 1. The van der Waals surface area contributed by atoms with E-state index in [1.165, 1.54) is 12.1 Å². The number of nitrogen functional groups attached to an aromatic ring is 1. The number of nitrogens with two attached hydrogens (primary N) is 1. The molecule has 9 heteroatoms. The molecule has 0 aliphatic heterocycles. The fourth-order valence-electron chi connectivity index (χ4n) is 1.84. The van der Waals surface area contributed by atoms with Crippen LogP contribution in [0, 0.1) is 29.1 Å². The van der Waals surface area contributed by atoms with Gasteiger partial charge in [0.25, 0.3) is 0 Å². The zero-order valence-electron chi connectivity index (χ0n) is 10.0. The minimum atomic E-state index is -2.23. The van der Waals surface area contributed by atoms with Crippen LogP contribution >= 0.6 is 0 Å². The maximum absolute atomic E-state index is 13.7. The summed E-state index contributed by atoms with van der Waals surface area (Å²) in [6, 6.07) is 2.81. The molecule has 0 saturated carbocycles. The van der Waals surface area contributed by atoms with Crippen molar-refractivity contribution in [3.8, 4) is 11.4 Å². The molecule has 0 aliphatic carbocycles. The Hall–Kier alpha value is -2.71. The molecule has 0 unspecified atom stereocenters. The molecule has 108 valence electrons. The molecule has 2 heterocycles. The number of nitrogens with zero attached hydrogens (tertiary/aromatic N) is 2. The molecule has 21 heavy (non-hydrogen) atoms. The first-order valence-corrected chi connectivity index (χ1v) is 5.54. The van der Waals surface area contributed by atoms with Crippen LogP contribution < -0.4 is 5.73 Å². The van der Waals surface area contributed by atoms with E-state index in [9.17, 15) is 22.0 Å². The molecular weight excluding hydrogens is 295 g/mol. The lowest BCUT2D eigenvalue weighted by atomic mass is 10.1. The van der Waals surface area contributed by atoms with Crippen LogP contribution in [0.1, 0.15) is 0 Å². The van der Waals surface area contributed by atoms with E-state index in [1.807, 2.05) is 0 Å². The highest BCUT2D eigenvalue weighted by molar-refractivity contribution is 5.77. The molecule has 0 amide bonds. The molecule has 0 bridgehead atoms. The topological polar surface area (TPSA) is 67.6 Å². The van der Waals surface area contributed by atoms with Gasteiger partial charge in [-0.3, -0.25) is 0 Å². The summed E-state index contributed by atoms with van der Waals surface area (Å²) >= 11 is 0. The second kappa shape index (κ2) is 4.40. The van der Waals surface area contributed by atoms with E-state index in [0.717, 1.165) is 0 Å². The Balaban J connectivity index is 2.32. The van der Waals surface area contributed by atoms with Crippen LogP contribution in [0.3, 0.4) is 0 Å². The Morgan fingerprint density at radius 1 is 0.810 bits per heavy atom. The van der Waals surface area contributed by atoms with E-state index in [2.05, 4.69) is 15.0 Å². The lowest BCUT2D eigenvalue weighted by Crippen LogP contribution is -2.04. The van der Waals surface area contributed by atoms with Crippen molar-refractivity contribution in [2.75, 3.05) is 5.73 Å². The molecule has 3 aromatic rings. The summed E-state index contributed by atoms with van der Waals surface area (Å²) in [6.07, 6.45) is 0. The lowest BCUT2D eigenvalue weighted by Gasteiger charge is -2.05. The predicted molar refractivity (Wildman–Crippen MR) is 63.5 cm³/mol. The van der Waals surface area contributed by atoms with Crippen LogP contribution in [0.25, 0.3) is 22.6 Å². The van der Waals surface area contributed by atoms with E-state index in [1.54, 1.807) is 0 Å². The minimum Gasteiger partial charge on any atom is -0.384 e. The quantitative estimate of drug-likeness (QED) is 0.412. The van der Waals surface area contributed by atoms with Crippen molar-refractivity contribution in [2.24, 2.45) is 0 Å². The average molecular weight is 300 g/mol. The molecule has 3 N–H and O–H groups in total. The maximum atomic E-state index is 13.7. The second-order valence-corrected chi connectivity index (χ2v) is 4.14. The number of pyridine rings is 1. The third-order valence-corrected chi connectivity index (χ3v) is 2.81. The summed E-state index contributed by atoms with van der Waals surface area (Å²) in [7, 11) is 0. The zero-order chi connectivity index (χ0) is 15.3. The molecule has 4 nitrogen and oxygen atoms in total. The van der Waals surface area contributed by atoms with Gasteiger partial charge in [-0.1, -0.05) is 0 Å². The summed E-state index contributed by atoms with van der Waals surface area (Å²) in [6.45, 7) is 0. The molecule has 0 radical (unpaired) electrons. The maximum Gasteiger partial charge on any atom is 0.200 e. The van der Waals surface area contributed by atoms with Gasteiger partial charge in [-0.15, -0.1) is 0 Å². The average Bonchev–Trinajstić information content (AvgIpc) is 2.85. The highest BCUT2D eigenvalue weighted by Gasteiger charge is 2.28. The van der Waals surface area contributed by atoms with E-state index in [4.69, 9.17) is 5.73 Å². The van der Waals surface area contributed by atoms with E-state index in [-0.39, 0.29) is 17.0 Å². The Morgan fingerprint density at radius 2 is 1.38 bits per heavy atom. The van der Waals surface area contributed by atoms with Gasteiger partial charge in [-0.05, 0) is 12.1 Å². The predicted octanol–water partition coefficient (Wildman–Crippen LogP) is 2.90. The van der Waals surface area contributed by atoms with Crippen LogP contribution in [0.15, 0.2) is 12.1 Å². The van der Waals surface area contributed by atoms with E-state index in [0.29, 0.717) is 0 Å².